The largest absolute Gasteiger partial charge is 0.398 e. The molecule has 0 amide bonds. The second-order valence-corrected chi connectivity index (χ2v) is 4.23. The van der Waals surface area contributed by atoms with E-state index in [1.165, 1.54) is 12.1 Å². The first kappa shape index (κ1) is 10.8. The third kappa shape index (κ3) is 1.62. The first-order valence-electron chi connectivity index (χ1n) is 5.65. The number of imidazole rings is 1. The number of nitrogens with two attached hydrogens (primary N) is 1. The lowest BCUT2D eigenvalue weighted by atomic mass is 10.1. The fourth-order valence-electron chi connectivity index (χ4n) is 2.07. The molecular weight excluding hydrogens is 229 g/mol. The number of hydrogen-bond acceptors (Lipinski definition) is 2. The first-order chi connectivity index (χ1) is 8.65. The molecule has 2 N–H and O–H groups in total. The zero-order valence-corrected chi connectivity index (χ0v) is 9.89. The number of halogens is 1. The maximum Gasteiger partial charge on any atom is 0.123 e. The SMILES string of the molecule is Cc1nc(-c2ccc(F)cc2)c2ccc(N)cn12. The second kappa shape index (κ2) is 3.84. The van der Waals surface area contributed by atoms with Crippen molar-refractivity contribution in [3.63, 3.8) is 0 Å². The Morgan fingerprint density at radius 2 is 1.83 bits per heavy atom. The topological polar surface area (TPSA) is 43.3 Å². The van der Waals surface area contributed by atoms with Gasteiger partial charge in [-0.1, -0.05) is 0 Å². The summed E-state index contributed by atoms with van der Waals surface area (Å²) in [6.07, 6.45) is 1.84. The minimum absolute atomic E-state index is 0.247. The van der Waals surface area contributed by atoms with Gasteiger partial charge in [-0.15, -0.1) is 0 Å². The van der Waals surface area contributed by atoms with Gasteiger partial charge in [0.1, 0.15) is 11.6 Å². The van der Waals surface area contributed by atoms with Crippen molar-refractivity contribution in [1.82, 2.24) is 9.38 Å². The molecule has 1 aromatic carbocycles. The molecule has 0 bridgehead atoms. The lowest BCUT2D eigenvalue weighted by Gasteiger charge is -2.00. The number of anilines is 1. The molecule has 0 radical (unpaired) electrons. The van der Waals surface area contributed by atoms with Gasteiger partial charge in [-0.05, 0) is 43.3 Å². The Morgan fingerprint density at radius 1 is 1.11 bits per heavy atom. The number of pyridine rings is 1. The molecule has 2 aromatic heterocycles. The Morgan fingerprint density at radius 3 is 2.56 bits per heavy atom. The van der Waals surface area contributed by atoms with Crippen LogP contribution in [0.5, 0.6) is 0 Å². The van der Waals surface area contributed by atoms with E-state index in [1.54, 1.807) is 12.1 Å². The Hall–Kier alpha value is -2.36. The summed E-state index contributed by atoms with van der Waals surface area (Å²) in [6.45, 7) is 1.92. The van der Waals surface area contributed by atoms with Crippen LogP contribution in [0.2, 0.25) is 0 Å². The van der Waals surface area contributed by atoms with Crippen LogP contribution in [0.3, 0.4) is 0 Å². The highest BCUT2D eigenvalue weighted by molar-refractivity contribution is 5.78. The average Bonchev–Trinajstić information content (AvgIpc) is 2.68. The van der Waals surface area contributed by atoms with Crippen LogP contribution in [0.15, 0.2) is 42.6 Å². The normalized spacial score (nSPS) is 11.0. The molecule has 3 nitrogen and oxygen atoms in total. The molecule has 0 atom stereocenters. The third-order valence-corrected chi connectivity index (χ3v) is 2.95. The number of aromatic nitrogens is 2. The fraction of sp³-hybridized carbons (Fsp3) is 0.0714. The second-order valence-electron chi connectivity index (χ2n) is 4.23. The van der Waals surface area contributed by atoms with Gasteiger partial charge in [-0.25, -0.2) is 9.37 Å². The molecule has 18 heavy (non-hydrogen) atoms. The Kier molecular flexibility index (Phi) is 2.30. The van der Waals surface area contributed by atoms with E-state index in [1.807, 2.05) is 29.7 Å². The molecule has 0 saturated heterocycles. The van der Waals surface area contributed by atoms with Gasteiger partial charge in [0, 0.05) is 17.4 Å². The number of nitrogens with zero attached hydrogens (tertiary/aromatic N) is 2. The Labute approximate surface area is 104 Å². The zero-order valence-electron chi connectivity index (χ0n) is 9.89. The van der Waals surface area contributed by atoms with Crippen molar-refractivity contribution >= 4 is 11.2 Å². The van der Waals surface area contributed by atoms with E-state index in [0.717, 1.165) is 22.6 Å². The summed E-state index contributed by atoms with van der Waals surface area (Å²) in [5, 5.41) is 0. The van der Waals surface area contributed by atoms with E-state index in [0.29, 0.717) is 5.69 Å². The summed E-state index contributed by atoms with van der Waals surface area (Å²) in [5.74, 6) is 0.611. The van der Waals surface area contributed by atoms with E-state index in [-0.39, 0.29) is 5.82 Å². The number of aryl methyl sites for hydroxylation is 1. The van der Waals surface area contributed by atoms with Crippen molar-refractivity contribution in [2.45, 2.75) is 6.92 Å². The van der Waals surface area contributed by atoms with Crippen molar-refractivity contribution in [2.75, 3.05) is 5.73 Å². The molecule has 0 spiro atoms. The third-order valence-electron chi connectivity index (χ3n) is 2.95. The summed E-state index contributed by atoms with van der Waals surface area (Å²) < 4.78 is 14.9. The van der Waals surface area contributed by atoms with Crippen LogP contribution in [0.25, 0.3) is 16.8 Å². The Bertz CT molecular complexity index is 714. The fourth-order valence-corrected chi connectivity index (χ4v) is 2.07. The number of rotatable bonds is 1. The van der Waals surface area contributed by atoms with E-state index in [9.17, 15) is 4.39 Å². The van der Waals surface area contributed by atoms with Crippen LogP contribution < -0.4 is 5.73 Å². The summed E-state index contributed by atoms with van der Waals surface area (Å²) in [4.78, 5) is 4.52. The van der Waals surface area contributed by atoms with Gasteiger partial charge in [0.15, 0.2) is 0 Å². The highest BCUT2D eigenvalue weighted by Crippen LogP contribution is 2.25. The molecule has 0 unspecified atom stereocenters. The van der Waals surface area contributed by atoms with Crippen LogP contribution in [-0.4, -0.2) is 9.38 Å². The van der Waals surface area contributed by atoms with Gasteiger partial charge in [0.2, 0.25) is 0 Å². The number of benzene rings is 1. The van der Waals surface area contributed by atoms with Gasteiger partial charge < -0.3 is 10.1 Å². The lowest BCUT2D eigenvalue weighted by molar-refractivity contribution is 0.628. The van der Waals surface area contributed by atoms with E-state index in [2.05, 4.69) is 4.98 Å². The standard InChI is InChI=1S/C14H12FN3/c1-9-17-14(10-2-4-11(15)5-3-10)13-7-6-12(16)8-18(9)13/h2-8H,16H2,1H3. The van der Waals surface area contributed by atoms with Crippen LogP contribution in [0.1, 0.15) is 5.82 Å². The van der Waals surface area contributed by atoms with Crippen molar-refractivity contribution in [1.29, 1.82) is 0 Å². The maximum absolute atomic E-state index is 12.9. The average molecular weight is 241 g/mol. The quantitative estimate of drug-likeness (QED) is 0.711. The molecule has 0 aliphatic carbocycles. The highest BCUT2D eigenvalue weighted by atomic mass is 19.1. The van der Waals surface area contributed by atoms with Crippen LogP contribution in [0.4, 0.5) is 10.1 Å². The summed E-state index contributed by atoms with van der Waals surface area (Å²) in [7, 11) is 0. The summed E-state index contributed by atoms with van der Waals surface area (Å²) >= 11 is 0. The molecule has 0 aliphatic rings. The van der Waals surface area contributed by atoms with E-state index in [4.69, 9.17) is 5.73 Å². The highest BCUT2D eigenvalue weighted by Gasteiger charge is 2.10. The van der Waals surface area contributed by atoms with Crippen LogP contribution in [-0.2, 0) is 0 Å². The van der Waals surface area contributed by atoms with Crippen molar-refractivity contribution in [3.05, 3.63) is 54.2 Å². The molecule has 2 heterocycles. The van der Waals surface area contributed by atoms with Crippen molar-refractivity contribution in [2.24, 2.45) is 0 Å². The number of hydrogen-bond donors (Lipinski definition) is 1. The van der Waals surface area contributed by atoms with Gasteiger partial charge in [-0.2, -0.15) is 0 Å². The molecule has 3 aromatic rings. The predicted octanol–water partition coefficient (Wildman–Crippen LogP) is 3.03. The monoisotopic (exact) mass is 241 g/mol. The van der Waals surface area contributed by atoms with Crippen molar-refractivity contribution in [3.8, 4) is 11.3 Å². The molecule has 0 saturated carbocycles. The maximum atomic E-state index is 12.9. The summed E-state index contributed by atoms with van der Waals surface area (Å²) in [5.41, 5.74) is 9.15. The van der Waals surface area contributed by atoms with Gasteiger partial charge >= 0.3 is 0 Å². The molecule has 4 heteroatoms. The minimum Gasteiger partial charge on any atom is -0.398 e. The number of nitrogen functional groups attached to an aromatic ring is 1. The molecule has 0 fully saturated rings. The molecular formula is C14H12FN3. The zero-order chi connectivity index (χ0) is 12.7. The predicted molar refractivity (Wildman–Crippen MR) is 69.7 cm³/mol. The molecule has 0 aliphatic heterocycles. The summed E-state index contributed by atoms with van der Waals surface area (Å²) in [6, 6.07) is 10.1. The van der Waals surface area contributed by atoms with Crippen molar-refractivity contribution < 1.29 is 4.39 Å². The van der Waals surface area contributed by atoms with Gasteiger partial charge in [-0.3, -0.25) is 0 Å². The number of fused-ring (bicyclic) bond motifs is 1. The van der Waals surface area contributed by atoms with Gasteiger partial charge in [0.05, 0.1) is 11.2 Å². The molecule has 90 valence electrons. The van der Waals surface area contributed by atoms with Crippen LogP contribution >= 0.6 is 0 Å². The first-order valence-corrected chi connectivity index (χ1v) is 5.65. The van der Waals surface area contributed by atoms with E-state index >= 15 is 0 Å². The van der Waals surface area contributed by atoms with Gasteiger partial charge in [0.25, 0.3) is 0 Å². The smallest absolute Gasteiger partial charge is 0.123 e. The van der Waals surface area contributed by atoms with E-state index < -0.39 is 0 Å². The lowest BCUT2D eigenvalue weighted by Crippen LogP contribution is -1.91. The Balaban J connectivity index is 2.26. The minimum atomic E-state index is -0.247. The van der Waals surface area contributed by atoms with Crippen LogP contribution in [0, 0.1) is 12.7 Å². The molecule has 3 rings (SSSR count).